The van der Waals surface area contributed by atoms with Crippen molar-refractivity contribution in [2.45, 2.75) is 25.3 Å². The van der Waals surface area contributed by atoms with Gasteiger partial charge in [0.25, 0.3) is 0 Å². The van der Waals surface area contributed by atoms with Crippen LogP contribution in [0.4, 0.5) is 17.2 Å². The van der Waals surface area contributed by atoms with Gasteiger partial charge in [-0.1, -0.05) is 0 Å². The minimum absolute atomic E-state index is 0.207. The average molecular weight is 457 g/mol. The highest BCUT2D eigenvalue weighted by atomic mass is 16.5. The second kappa shape index (κ2) is 8.53. The summed E-state index contributed by atoms with van der Waals surface area (Å²) in [6.45, 7) is 2.56. The van der Waals surface area contributed by atoms with Crippen LogP contribution in [0, 0.1) is 0 Å². The molecule has 0 aliphatic carbocycles. The van der Waals surface area contributed by atoms with Gasteiger partial charge in [0.1, 0.15) is 11.5 Å². The minimum atomic E-state index is 0.207. The van der Waals surface area contributed by atoms with E-state index in [-0.39, 0.29) is 6.04 Å². The molecule has 0 unspecified atom stereocenters. The second-order valence-corrected chi connectivity index (χ2v) is 8.91. The van der Waals surface area contributed by atoms with Gasteiger partial charge in [-0.2, -0.15) is 0 Å². The molecule has 6 rings (SSSR count). The molecule has 0 spiro atoms. The van der Waals surface area contributed by atoms with Crippen molar-refractivity contribution < 1.29 is 9.47 Å². The fourth-order valence-electron chi connectivity index (χ4n) is 4.83. The molecule has 8 heteroatoms. The number of nitrogens with zero attached hydrogens (tertiary/aromatic N) is 4. The standard InChI is InChI=1S/C26H28N6O2/c1-33-24-14-20(5-6-22(24)31-10-8-19(27)15-31)29-25-26-28-9-11-32(26)16-21(30-25)17-4-7-23-18(13-17)3-2-12-34-23/h4-7,9,11,13-14,16,19H,2-3,8,10,12,15,27H2,1H3,(H,29,30)/t19-/m1/s1. The zero-order valence-corrected chi connectivity index (χ0v) is 19.2. The molecule has 2 aliphatic rings. The summed E-state index contributed by atoms with van der Waals surface area (Å²) in [6, 6.07) is 12.6. The number of anilines is 3. The SMILES string of the molecule is COc1cc(Nc2nc(-c3ccc4c(c3)CCCO4)cn3ccnc23)ccc1N1CC[C@@H](N)C1. The monoisotopic (exact) mass is 456 g/mol. The number of imidazole rings is 1. The van der Waals surface area contributed by atoms with Crippen molar-refractivity contribution in [2.24, 2.45) is 5.73 Å². The molecule has 3 N–H and O–H groups in total. The van der Waals surface area contributed by atoms with Crippen LogP contribution in [-0.4, -0.2) is 47.2 Å². The third-order valence-electron chi connectivity index (χ3n) is 6.59. The molecule has 1 fully saturated rings. The molecule has 2 aliphatic heterocycles. The molecule has 8 nitrogen and oxygen atoms in total. The smallest absolute Gasteiger partial charge is 0.180 e. The first kappa shape index (κ1) is 20.8. The van der Waals surface area contributed by atoms with E-state index in [4.69, 9.17) is 20.2 Å². The maximum absolute atomic E-state index is 6.11. The van der Waals surface area contributed by atoms with Crippen LogP contribution in [0.25, 0.3) is 16.9 Å². The Morgan fingerprint density at radius 1 is 1.21 bits per heavy atom. The summed E-state index contributed by atoms with van der Waals surface area (Å²) in [6.07, 6.45) is 8.79. The van der Waals surface area contributed by atoms with E-state index < -0.39 is 0 Å². The van der Waals surface area contributed by atoms with Crippen LogP contribution in [-0.2, 0) is 6.42 Å². The lowest BCUT2D eigenvalue weighted by atomic mass is 10.0. The highest BCUT2D eigenvalue weighted by molar-refractivity contribution is 5.76. The number of fused-ring (bicyclic) bond motifs is 2. The van der Waals surface area contributed by atoms with Gasteiger partial charge in [-0.25, -0.2) is 9.97 Å². The van der Waals surface area contributed by atoms with E-state index in [1.54, 1.807) is 13.3 Å². The topological polar surface area (TPSA) is 89.9 Å². The predicted molar refractivity (Wildman–Crippen MR) is 133 cm³/mol. The number of nitrogens with two attached hydrogens (primary N) is 1. The zero-order valence-electron chi connectivity index (χ0n) is 19.2. The molecule has 174 valence electrons. The molecule has 1 atom stereocenters. The lowest BCUT2D eigenvalue weighted by molar-refractivity contribution is 0.288. The van der Waals surface area contributed by atoms with E-state index >= 15 is 0 Å². The molecular formula is C26H28N6O2. The lowest BCUT2D eigenvalue weighted by Gasteiger charge is -2.22. The number of nitrogens with one attached hydrogen (secondary N) is 1. The zero-order chi connectivity index (χ0) is 23.1. The molecule has 0 saturated carbocycles. The van der Waals surface area contributed by atoms with Crippen LogP contribution < -0.4 is 25.4 Å². The molecule has 0 amide bonds. The van der Waals surface area contributed by atoms with Crippen LogP contribution >= 0.6 is 0 Å². The van der Waals surface area contributed by atoms with Crippen molar-refractivity contribution in [2.75, 3.05) is 37.0 Å². The summed E-state index contributed by atoms with van der Waals surface area (Å²) in [5.74, 6) is 2.47. The maximum Gasteiger partial charge on any atom is 0.180 e. The Morgan fingerprint density at radius 3 is 3.00 bits per heavy atom. The Bertz CT molecular complexity index is 1350. The van der Waals surface area contributed by atoms with Crippen molar-refractivity contribution in [1.82, 2.24) is 14.4 Å². The second-order valence-electron chi connectivity index (χ2n) is 8.91. The van der Waals surface area contributed by atoms with Gasteiger partial charge in [0, 0.05) is 55.0 Å². The van der Waals surface area contributed by atoms with Gasteiger partial charge in [0.2, 0.25) is 0 Å². The number of hydrogen-bond donors (Lipinski definition) is 2. The van der Waals surface area contributed by atoms with Crippen LogP contribution in [0.3, 0.4) is 0 Å². The Balaban J connectivity index is 1.35. The molecule has 0 radical (unpaired) electrons. The molecule has 2 aromatic heterocycles. The summed E-state index contributed by atoms with van der Waals surface area (Å²) >= 11 is 0. The number of benzene rings is 2. The normalized spacial score (nSPS) is 17.5. The van der Waals surface area contributed by atoms with Gasteiger partial charge in [0.15, 0.2) is 11.5 Å². The fourth-order valence-corrected chi connectivity index (χ4v) is 4.83. The van der Waals surface area contributed by atoms with E-state index in [1.165, 1.54) is 5.56 Å². The van der Waals surface area contributed by atoms with Crippen molar-refractivity contribution in [3.05, 3.63) is 60.6 Å². The first-order valence-corrected chi connectivity index (χ1v) is 11.7. The van der Waals surface area contributed by atoms with Crippen LogP contribution in [0.1, 0.15) is 18.4 Å². The minimum Gasteiger partial charge on any atom is -0.495 e. The largest absolute Gasteiger partial charge is 0.495 e. The fraction of sp³-hybridized carbons (Fsp3) is 0.308. The predicted octanol–water partition coefficient (Wildman–Crippen LogP) is 4.01. The van der Waals surface area contributed by atoms with Crippen molar-refractivity contribution in [3.63, 3.8) is 0 Å². The van der Waals surface area contributed by atoms with Gasteiger partial charge >= 0.3 is 0 Å². The number of aryl methyl sites for hydroxylation is 1. The number of rotatable bonds is 5. The quantitative estimate of drug-likeness (QED) is 0.469. The Labute approximate surface area is 198 Å². The highest BCUT2D eigenvalue weighted by Gasteiger charge is 2.22. The summed E-state index contributed by atoms with van der Waals surface area (Å²) < 4.78 is 13.5. The maximum atomic E-state index is 6.11. The summed E-state index contributed by atoms with van der Waals surface area (Å²) in [5, 5.41) is 3.46. The van der Waals surface area contributed by atoms with E-state index in [9.17, 15) is 0 Å². The molecule has 1 saturated heterocycles. The van der Waals surface area contributed by atoms with E-state index in [0.29, 0.717) is 5.82 Å². The third-order valence-corrected chi connectivity index (χ3v) is 6.59. The first-order valence-electron chi connectivity index (χ1n) is 11.7. The van der Waals surface area contributed by atoms with Crippen LogP contribution in [0.15, 0.2) is 55.0 Å². The van der Waals surface area contributed by atoms with E-state index in [2.05, 4.69) is 33.4 Å². The number of ether oxygens (including phenoxy) is 2. The number of aromatic nitrogens is 3. The number of methoxy groups -OCH3 is 1. The Morgan fingerprint density at radius 2 is 2.15 bits per heavy atom. The summed E-state index contributed by atoms with van der Waals surface area (Å²) in [7, 11) is 1.70. The van der Waals surface area contributed by atoms with E-state index in [1.807, 2.05) is 35.0 Å². The van der Waals surface area contributed by atoms with Crippen molar-refractivity contribution in [3.8, 4) is 22.8 Å². The molecule has 34 heavy (non-hydrogen) atoms. The van der Waals surface area contributed by atoms with Crippen LogP contribution in [0.5, 0.6) is 11.5 Å². The van der Waals surface area contributed by atoms with Gasteiger partial charge in [-0.05, 0) is 55.2 Å². The Kier molecular flexibility index (Phi) is 5.22. The van der Waals surface area contributed by atoms with Gasteiger partial charge in [0.05, 0.1) is 25.1 Å². The number of hydrogen-bond acceptors (Lipinski definition) is 7. The molecule has 4 aromatic rings. The summed E-state index contributed by atoms with van der Waals surface area (Å²) in [5.41, 5.74) is 12.0. The van der Waals surface area contributed by atoms with Crippen LogP contribution in [0.2, 0.25) is 0 Å². The first-order chi connectivity index (χ1) is 16.7. The summed E-state index contributed by atoms with van der Waals surface area (Å²) in [4.78, 5) is 11.7. The highest BCUT2D eigenvalue weighted by Crippen LogP contribution is 2.35. The molecule has 2 aromatic carbocycles. The van der Waals surface area contributed by atoms with Gasteiger partial charge in [-0.3, -0.25) is 0 Å². The molecule has 0 bridgehead atoms. The average Bonchev–Trinajstić information content (AvgIpc) is 3.52. The van der Waals surface area contributed by atoms with Crippen molar-refractivity contribution in [1.29, 1.82) is 0 Å². The third kappa shape index (κ3) is 3.80. The molecular weight excluding hydrogens is 428 g/mol. The molecule has 4 heterocycles. The lowest BCUT2D eigenvalue weighted by Crippen LogP contribution is -2.26. The van der Waals surface area contributed by atoms with Crippen molar-refractivity contribution >= 4 is 22.8 Å². The van der Waals surface area contributed by atoms with E-state index in [0.717, 1.165) is 78.7 Å². The van der Waals surface area contributed by atoms with Gasteiger partial charge in [-0.15, -0.1) is 0 Å². The van der Waals surface area contributed by atoms with Gasteiger partial charge < -0.3 is 29.8 Å². The Hall–Kier alpha value is -3.78.